The van der Waals surface area contributed by atoms with Gasteiger partial charge in [0, 0.05) is 32.2 Å². The topological polar surface area (TPSA) is 62.1 Å². The van der Waals surface area contributed by atoms with Gasteiger partial charge in [0.2, 0.25) is 0 Å². The number of carbonyl (C=O) groups is 1. The number of amides is 1. The Morgan fingerprint density at radius 1 is 1.09 bits per heavy atom. The van der Waals surface area contributed by atoms with Crippen LogP contribution < -0.4 is 10.1 Å². The molecule has 3 aromatic carbocycles. The maximum atomic E-state index is 12.6. The molecule has 0 aliphatic carbocycles. The van der Waals surface area contributed by atoms with Gasteiger partial charge in [-0.2, -0.15) is 5.26 Å². The van der Waals surface area contributed by atoms with Crippen molar-refractivity contribution in [1.82, 2.24) is 5.32 Å². The van der Waals surface area contributed by atoms with E-state index in [1.165, 1.54) is 6.08 Å². The molecule has 0 fully saturated rings. The molecule has 0 heterocycles. The fraction of sp³-hybridized carbons (Fsp3) is 0.0833. The number of benzene rings is 3. The van der Waals surface area contributed by atoms with Crippen LogP contribution in [0.25, 0.3) is 6.08 Å². The second-order valence-corrected chi connectivity index (χ2v) is 9.28. The van der Waals surface area contributed by atoms with Gasteiger partial charge in [0.05, 0.1) is 4.47 Å². The minimum absolute atomic E-state index is 0.0414. The van der Waals surface area contributed by atoms with Crippen LogP contribution in [0.5, 0.6) is 5.75 Å². The molecule has 1 amide bonds. The standard InChI is InChI=1S/C24H16Br2Cl2N2O2/c25-19-9-17(8-18(12-29)24(31)30-13-15-4-2-1-3-5-15)23(21(26)10-19)32-14-16-6-7-20(27)11-22(16)28/h1-11H,13-14H2,(H,30,31)/b18-8+. The quantitative estimate of drug-likeness (QED) is 0.230. The van der Waals surface area contributed by atoms with Crippen molar-refractivity contribution in [2.45, 2.75) is 13.2 Å². The molecule has 0 spiro atoms. The number of hydrogen-bond acceptors (Lipinski definition) is 3. The van der Waals surface area contributed by atoms with Crippen LogP contribution in [0.3, 0.4) is 0 Å². The van der Waals surface area contributed by atoms with Crippen LogP contribution in [0.1, 0.15) is 16.7 Å². The maximum Gasteiger partial charge on any atom is 0.262 e. The molecule has 0 atom stereocenters. The van der Waals surface area contributed by atoms with Crippen molar-refractivity contribution in [3.05, 3.63) is 102 Å². The molecule has 3 rings (SSSR count). The lowest BCUT2D eigenvalue weighted by atomic mass is 10.1. The summed E-state index contributed by atoms with van der Waals surface area (Å²) in [5.41, 5.74) is 2.21. The average molecular weight is 595 g/mol. The van der Waals surface area contributed by atoms with Crippen LogP contribution >= 0.6 is 55.1 Å². The Morgan fingerprint density at radius 2 is 1.84 bits per heavy atom. The second kappa shape index (κ2) is 11.5. The molecule has 0 aromatic heterocycles. The molecule has 3 aromatic rings. The van der Waals surface area contributed by atoms with E-state index in [1.54, 1.807) is 24.3 Å². The highest BCUT2D eigenvalue weighted by Crippen LogP contribution is 2.35. The van der Waals surface area contributed by atoms with E-state index in [0.29, 0.717) is 32.4 Å². The highest BCUT2D eigenvalue weighted by atomic mass is 79.9. The summed E-state index contributed by atoms with van der Waals surface area (Å²) in [5.74, 6) is 0.00183. The molecule has 32 heavy (non-hydrogen) atoms. The summed E-state index contributed by atoms with van der Waals surface area (Å²) in [6.07, 6.45) is 1.49. The van der Waals surface area contributed by atoms with Crippen LogP contribution in [-0.2, 0) is 17.9 Å². The van der Waals surface area contributed by atoms with Gasteiger partial charge in [-0.25, -0.2) is 0 Å². The number of halogens is 4. The average Bonchev–Trinajstić information content (AvgIpc) is 2.77. The first-order valence-electron chi connectivity index (χ1n) is 9.37. The Hall–Kier alpha value is -2.30. The van der Waals surface area contributed by atoms with Gasteiger partial charge in [-0.1, -0.05) is 75.5 Å². The zero-order chi connectivity index (χ0) is 23.1. The first kappa shape index (κ1) is 24.3. The molecular formula is C24H16Br2Cl2N2O2. The van der Waals surface area contributed by atoms with Gasteiger partial charge < -0.3 is 10.1 Å². The van der Waals surface area contributed by atoms with Crippen LogP contribution in [0, 0.1) is 11.3 Å². The first-order valence-corrected chi connectivity index (χ1v) is 11.7. The van der Waals surface area contributed by atoms with Crippen molar-refractivity contribution in [1.29, 1.82) is 5.26 Å². The third kappa shape index (κ3) is 6.60. The van der Waals surface area contributed by atoms with Gasteiger partial charge >= 0.3 is 0 Å². The minimum atomic E-state index is -0.473. The van der Waals surface area contributed by atoms with Crippen molar-refractivity contribution in [2.75, 3.05) is 0 Å². The van der Waals surface area contributed by atoms with E-state index in [-0.39, 0.29) is 12.2 Å². The maximum absolute atomic E-state index is 12.6. The summed E-state index contributed by atoms with van der Waals surface area (Å²) >= 11 is 19.1. The normalized spacial score (nSPS) is 11.0. The van der Waals surface area contributed by atoms with E-state index < -0.39 is 5.91 Å². The zero-order valence-electron chi connectivity index (χ0n) is 16.5. The summed E-state index contributed by atoms with van der Waals surface area (Å²) in [4.78, 5) is 12.6. The number of carbonyl (C=O) groups excluding carboxylic acids is 1. The van der Waals surface area contributed by atoms with E-state index in [4.69, 9.17) is 27.9 Å². The summed E-state index contributed by atoms with van der Waals surface area (Å²) in [5, 5.41) is 13.4. The monoisotopic (exact) mass is 592 g/mol. The fourth-order valence-corrected chi connectivity index (χ4v) is 4.64. The Morgan fingerprint density at radius 3 is 2.53 bits per heavy atom. The van der Waals surface area contributed by atoms with Crippen molar-refractivity contribution in [2.24, 2.45) is 0 Å². The van der Waals surface area contributed by atoms with Gasteiger partial charge in [-0.05, 0) is 51.8 Å². The van der Waals surface area contributed by atoms with Crippen LogP contribution in [0.4, 0.5) is 0 Å². The van der Waals surface area contributed by atoms with Crippen molar-refractivity contribution in [3.8, 4) is 11.8 Å². The molecule has 162 valence electrons. The highest BCUT2D eigenvalue weighted by molar-refractivity contribution is 9.11. The molecule has 0 aliphatic heterocycles. The van der Waals surface area contributed by atoms with Gasteiger partial charge in [0.25, 0.3) is 5.91 Å². The molecule has 0 aliphatic rings. The molecule has 8 heteroatoms. The number of rotatable bonds is 7. The van der Waals surface area contributed by atoms with Crippen molar-refractivity contribution in [3.63, 3.8) is 0 Å². The predicted octanol–water partition coefficient (Wildman–Crippen LogP) is 7.32. The highest BCUT2D eigenvalue weighted by Gasteiger charge is 2.15. The molecule has 1 N–H and O–H groups in total. The molecule has 0 radical (unpaired) electrons. The Balaban J connectivity index is 1.84. The molecule has 0 saturated heterocycles. The van der Waals surface area contributed by atoms with E-state index in [2.05, 4.69) is 37.2 Å². The third-order valence-corrected chi connectivity index (χ3v) is 6.02. The second-order valence-electron chi connectivity index (χ2n) is 6.67. The summed E-state index contributed by atoms with van der Waals surface area (Å²) in [7, 11) is 0. The summed E-state index contributed by atoms with van der Waals surface area (Å²) in [6.45, 7) is 0.498. The number of ether oxygens (including phenoxy) is 1. The number of nitriles is 1. The molecule has 0 unspecified atom stereocenters. The Kier molecular flexibility index (Phi) is 8.77. The molecule has 0 bridgehead atoms. The van der Waals surface area contributed by atoms with Gasteiger partial charge in [-0.3, -0.25) is 4.79 Å². The van der Waals surface area contributed by atoms with E-state index in [0.717, 1.165) is 15.6 Å². The molecule has 4 nitrogen and oxygen atoms in total. The van der Waals surface area contributed by atoms with Gasteiger partial charge in [0.15, 0.2) is 0 Å². The SMILES string of the molecule is N#C/C(=C\c1cc(Br)cc(Br)c1OCc1ccc(Cl)cc1Cl)C(=O)NCc1ccccc1. The van der Waals surface area contributed by atoms with Crippen LogP contribution in [-0.4, -0.2) is 5.91 Å². The Labute approximate surface area is 213 Å². The largest absolute Gasteiger partial charge is 0.487 e. The van der Waals surface area contributed by atoms with E-state index in [9.17, 15) is 10.1 Å². The van der Waals surface area contributed by atoms with E-state index in [1.807, 2.05) is 42.5 Å². The van der Waals surface area contributed by atoms with Gasteiger partial charge in [0.1, 0.15) is 24.0 Å². The molecular weight excluding hydrogens is 579 g/mol. The first-order chi connectivity index (χ1) is 15.4. The molecule has 0 saturated carbocycles. The van der Waals surface area contributed by atoms with Crippen molar-refractivity contribution < 1.29 is 9.53 Å². The smallest absolute Gasteiger partial charge is 0.262 e. The van der Waals surface area contributed by atoms with Gasteiger partial charge in [-0.15, -0.1) is 0 Å². The number of hydrogen-bond donors (Lipinski definition) is 1. The number of nitrogens with one attached hydrogen (secondary N) is 1. The Bertz CT molecular complexity index is 1210. The summed E-state index contributed by atoms with van der Waals surface area (Å²) < 4.78 is 7.42. The van der Waals surface area contributed by atoms with Crippen LogP contribution in [0.2, 0.25) is 10.0 Å². The lowest BCUT2D eigenvalue weighted by molar-refractivity contribution is -0.117. The fourth-order valence-electron chi connectivity index (χ4n) is 2.81. The number of nitrogens with zero attached hydrogens (tertiary/aromatic N) is 1. The van der Waals surface area contributed by atoms with Crippen molar-refractivity contribution >= 4 is 67.0 Å². The lowest BCUT2D eigenvalue weighted by Gasteiger charge is -2.14. The predicted molar refractivity (Wildman–Crippen MR) is 135 cm³/mol. The zero-order valence-corrected chi connectivity index (χ0v) is 21.2. The van der Waals surface area contributed by atoms with E-state index >= 15 is 0 Å². The van der Waals surface area contributed by atoms with Crippen LogP contribution in [0.15, 0.2) is 75.2 Å². The summed E-state index contributed by atoms with van der Waals surface area (Å²) in [6, 6.07) is 20.2. The minimum Gasteiger partial charge on any atom is -0.487 e. The third-order valence-electron chi connectivity index (χ3n) is 4.39. The lowest BCUT2D eigenvalue weighted by Crippen LogP contribution is -2.23.